The average molecular weight is 381 g/mol. The zero-order valence-electron chi connectivity index (χ0n) is 16.5. The van der Waals surface area contributed by atoms with Crippen LogP contribution in [0.25, 0.3) is 10.9 Å². The van der Waals surface area contributed by atoms with E-state index in [0.29, 0.717) is 19.6 Å². The molecule has 0 atom stereocenters. The van der Waals surface area contributed by atoms with Crippen molar-refractivity contribution in [3.05, 3.63) is 65.7 Å². The Labute approximate surface area is 165 Å². The Balaban J connectivity index is 1.41. The molecule has 28 heavy (non-hydrogen) atoms. The van der Waals surface area contributed by atoms with E-state index in [1.807, 2.05) is 36.4 Å². The Morgan fingerprint density at radius 1 is 1.14 bits per heavy atom. The maximum absolute atomic E-state index is 11.1. The van der Waals surface area contributed by atoms with Crippen molar-refractivity contribution in [2.45, 2.75) is 52.7 Å². The highest BCUT2D eigenvalue weighted by Gasteiger charge is 2.25. The first-order chi connectivity index (χ1) is 13.4. The molecule has 0 saturated heterocycles. The first-order valence-electron chi connectivity index (χ1n) is 9.66. The lowest BCUT2D eigenvalue weighted by molar-refractivity contribution is -0.147. The number of pyridine rings is 1. The molecule has 0 saturated carbocycles. The van der Waals surface area contributed by atoms with Crippen LogP contribution in [-0.2, 0) is 29.2 Å². The number of carboxylic acids is 1. The number of aromatic nitrogens is 1. The van der Waals surface area contributed by atoms with Gasteiger partial charge in [-0.15, -0.1) is 0 Å². The quantitative estimate of drug-likeness (QED) is 0.478. The number of carbonyl (C=O) groups is 1. The second-order valence-electron chi connectivity index (χ2n) is 7.81. The first-order valence-corrected chi connectivity index (χ1v) is 9.66. The third-order valence-corrected chi connectivity index (χ3v) is 4.95. The van der Waals surface area contributed by atoms with Crippen molar-refractivity contribution in [1.29, 1.82) is 0 Å². The Hall–Kier alpha value is -2.66. The van der Waals surface area contributed by atoms with Gasteiger partial charge in [-0.25, -0.2) is 0 Å². The highest BCUT2D eigenvalue weighted by atomic mass is 16.5. The summed E-state index contributed by atoms with van der Waals surface area (Å²) >= 11 is 0. The number of carboxylic acid groups (broad SMARTS) is 1. The molecule has 3 rings (SSSR count). The zero-order chi connectivity index (χ0) is 20.0. The number of fused-ring (bicyclic) bond motifs is 1. The van der Waals surface area contributed by atoms with Crippen molar-refractivity contribution in [2.24, 2.45) is 5.41 Å². The maximum atomic E-state index is 11.1. The number of para-hydroxylation sites is 1. The third-order valence-electron chi connectivity index (χ3n) is 4.95. The van der Waals surface area contributed by atoms with Crippen molar-refractivity contribution >= 4 is 16.9 Å². The summed E-state index contributed by atoms with van der Waals surface area (Å²) in [6.45, 7) is 4.38. The van der Waals surface area contributed by atoms with Gasteiger partial charge in [-0.1, -0.05) is 30.7 Å². The van der Waals surface area contributed by atoms with Crippen molar-refractivity contribution in [3.63, 3.8) is 0 Å². The van der Waals surface area contributed by atoms with Crippen LogP contribution in [0, 0.1) is 5.41 Å². The van der Waals surface area contributed by atoms with Gasteiger partial charge in [0.15, 0.2) is 0 Å². The molecule has 0 aliphatic carbocycles. The summed E-state index contributed by atoms with van der Waals surface area (Å²) in [6.07, 6.45) is 5.14. The van der Waals surface area contributed by atoms with Gasteiger partial charge < -0.3 is 14.3 Å². The van der Waals surface area contributed by atoms with Crippen molar-refractivity contribution in [3.8, 4) is 0 Å². The van der Waals surface area contributed by atoms with Crippen LogP contribution in [0.3, 0.4) is 0 Å². The molecule has 0 fully saturated rings. The zero-order valence-corrected chi connectivity index (χ0v) is 16.5. The molecule has 2 heterocycles. The van der Waals surface area contributed by atoms with Gasteiger partial charge >= 0.3 is 5.97 Å². The number of ether oxygens (including phenoxy) is 1. The molecule has 148 valence electrons. The van der Waals surface area contributed by atoms with E-state index in [4.69, 9.17) is 14.3 Å². The average Bonchev–Trinajstić information content (AvgIpc) is 3.13. The predicted octanol–water partition coefficient (Wildman–Crippen LogP) is 5.37. The van der Waals surface area contributed by atoms with E-state index in [1.54, 1.807) is 20.1 Å². The number of hydrogen-bond acceptors (Lipinski definition) is 4. The fourth-order valence-electron chi connectivity index (χ4n) is 3.08. The molecule has 0 radical (unpaired) electrons. The standard InChI is InChI=1S/C23H27NO4/c1-23(2,22(25)26)12-6-5-7-17-13-20(28-14-17)16-27-15-19-11-10-18-8-3-4-9-21(18)24-19/h3-4,8-11,13-14H,5-7,12,15-16H2,1-2H3,(H,25,26). The van der Waals surface area contributed by atoms with Crippen molar-refractivity contribution in [2.75, 3.05) is 0 Å². The lowest BCUT2D eigenvalue weighted by Gasteiger charge is -2.18. The molecule has 0 amide bonds. The van der Waals surface area contributed by atoms with Crippen LogP contribution >= 0.6 is 0 Å². The Morgan fingerprint density at radius 2 is 1.96 bits per heavy atom. The monoisotopic (exact) mass is 381 g/mol. The molecule has 5 heteroatoms. The minimum atomic E-state index is -0.740. The fourth-order valence-corrected chi connectivity index (χ4v) is 3.08. The first kappa shape index (κ1) is 20.1. The van der Waals surface area contributed by atoms with Crippen LogP contribution < -0.4 is 0 Å². The Kier molecular flexibility index (Phi) is 6.47. The van der Waals surface area contributed by atoms with Crippen LogP contribution in [0.5, 0.6) is 0 Å². The minimum Gasteiger partial charge on any atom is -0.481 e. The Bertz CT molecular complexity index is 929. The van der Waals surface area contributed by atoms with Gasteiger partial charge in [-0.3, -0.25) is 9.78 Å². The molecule has 0 aliphatic heterocycles. The number of aryl methyl sites for hydroxylation is 1. The lowest BCUT2D eigenvalue weighted by atomic mass is 9.87. The largest absolute Gasteiger partial charge is 0.481 e. The molecular formula is C23H27NO4. The highest BCUT2D eigenvalue weighted by molar-refractivity contribution is 5.78. The summed E-state index contributed by atoms with van der Waals surface area (Å²) in [5.74, 6) is 0.0535. The number of aliphatic carboxylic acids is 1. The molecule has 0 spiro atoms. The normalized spacial score (nSPS) is 11.8. The van der Waals surface area contributed by atoms with E-state index < -0.39 is 11.4 Å². The Morgan fingerprint density at radius 3 is 2.79 bits per heavy atom. The van der Waals surface area contributed by atoms with Crippen molar-refractivity contribution in [1.82, 2.24) is 4.98 Å². The van der Waals surface area contributed by atoms with Gasteiger partial charge in [0.2, 0.25) is 0 Å². The number of hydrogen-bond donors (Lipinski definition) is 1. The van der Waals surface area contributed by atoms with Gasteiger partial charge in [-0.2, -0.15) is 0 Å². The van der Waals surface area contributed by atoms with E-state index in [9.17, 15) is 4.79 Å². The second-order valence-corrected chi connectivity index (χ2v) is 7.81. The summed E-state index contributed by atoms with van der Waals surface area (Å²) in [7, 11) is 0. The van der Waals surface area contributed by atoms with Crippen LogP contribution in [-0.4, -0.2) is 16.1 Å². The van der Waals surface area contributed by atoms with E-state index >= 15 is 0 Å². The number of rotatable bonds is 10. The summed E-state index contributed by atoms with van der Waals surface area (Å²) in [5, 5.41) is 10.3. The van der Waals surface area contributed by atoms with E-state index in [2.05, 4.69) is 11.1 Å². The van der Waals surface area contributed by atoms with Crippen LogP contribution in [0.2, 0.25) is 0 Å². The summed E-state index contributed by atoms with van der Waals surface area (Å²) in [5.41, 5.74) is 2.32. The molecule has 2 aromatic heterocycles. The van der Waals surface area contributed by atoms with E-state index in [-0.39, 0.29) is 0 Å². The summed E-state index contributed by atoms with van der Waals surface area (Å²) < 4.78 is 11.3. The SMILES string of the molecule is CC(C)(CCCCc1coc(COCc2ccc3ccccc3n2)c1)C(=O)O. The summed E-state index contributed by atoms with van der Waals surface area (Å²) in [4.78, 5) is 15.7. The van der Waals surface area contributed by atoms with Gasteiger partial charge in [0.1, 0.15) is 12.4 Å². The molecule has 0 unspecified atom stereocenters. The number of furan rings is 1. The van der Waals surface area contributed by atoms with E-state index in [1.165, 1.54) is 0 Å². The van der Waals surface area contributed by atoms with E-state index in [0.717, 1.165) is 47.2 Å². The molecule has 1 aromatic carbocycles. The number of nitrogens with zero attached hydrogens (tertiary/aromatic N) is 1. The van der Waals surface area contributed by atoms with Crippen LogP contribution in [0.4, 0.5) is 0 Å². The molecule has 3 aromatic rings. The van der Waals surface area contributed by atoms with Gasteiger partial charge in [0.25, 0.3) is 0 Å². The molecule has 5 nitrogen and oxygen atoms in total. The highest BCUT2D eigenvalue weighted by Crippen LogP contribution is 2.24. The predicted molar refractivity (Wildman–Crippen MR) is 108 cm³/mol. The van der Waals surface area contributed by atoms with Gasteiger partial charge in [-0.05, 0) is 56.9 Å². The second kappa shape index (κ2) is 9.02. The topological polar surface area (TPSA) is 72.6 Å². The fraction of sp³-hybridized carbons (Fsp3) is 0.391. The van der Waals surface area contributed by atoms with Crippen LogP contribution in [0.15, 0.2) is 53.1 Å². The number of unbranched alkanes of at least 4 members (excludes halogenated alkanes) is 1. The molecular weight excluding hydrogens is 354 g/mol. The van der Waals surface area contributed by atoms with Gasteiger partial charge in [0.05, 0.1) is 29.5 Å². The minimum absolute atomic E-state index is 0.403. The van der Waals surface area contributed by atoms with Gasteiger partial charge in [0, 0.05) is 5.39 Å². The molecule has 0 bridgehead atoms. The van der Waals surface area contributed by atoms with Crippen LogP contribution in [0.1, 0.15) is 50.1 Å². The van der Waals surface area contributed by atoms with Crippen molar-refractivity contribution < 1.29 is 19.1 Å². The third kappa shape index (κ3) is 5.42. The smallest absolute Gasteiger partial charge is 0.309 e. The maximum Gasteiger partial charge on any atom is 0.309 e. The molecule has 1 N–H and O–H groups in total. The lowest BCUT2D eigenvalue weighted by Crippen LogP contribution is -2.23. The number of benzene rings is 1. The molecule has 0 aliphatic rings. The summed E-state index contributed by atoms with van der Waals surface area (Å²) in [6, 6.07) is 14.1.